The van der Waals surface area contributed by atoms with Crippen LogP contribution in [0.15, 0.2) is 48.5 Å². The zero-order valence-electron chi connectivity index (χ0n) is 12.8. The highest BCUT2D eigenvalue weighted by Gasteiger charge is 2.14. The number of hydrogen-bond acceptors (Lipinski definition) is 4. The van der Waals surface area contributed by atoms with Gasteiger partial charge in [-0.1, -0.05) is 31.2 Å². The SMILES string of the molecule is C[C@@H](CO)CNC(=O)c1ccccc1Oc1ccccc1C#N. The molecule has 2 aromatic rings. The molecule has 0 aliphatic carbocycles. The Hall–Kier alpha value is -2.84. The normalized spacial score (nSPS) is 11.3. The molecule has 118 valence electrons. The predicted molar refractivity (Wildman–Crippen MR) is 86.3 cm³/mol. The molecule has 0 saturated carbocycles. The molecule has 0 spiro atoms. The highest BCUT2D eigenvalue weighted by molar-refractivity contribution is 5.97. The largest absolute Gasteiger partial charge is 0.455 e. The average Bonchev–Trinajstić information content (AvgIpc) is 2.60. The smallest absolute Gasteiger partial charge is 0.255 e. The van der Waals surface area contributed by atoms with E-state index in [0.717, 1.165) is 0 Å². The molecular weight excluding hydrogens is 292 g/mol. The molecule has 23 heavy (non-hydrogen) atoms. The molecule has 2 aromatic carbocycles. The first-order valence-corrected chi connectivity index (χ1v) is 7.30. The molecule has 0 heterocycles. The van der Waals surface area contributed by atoms with Crippen LogP contribution in [0.25, 0.3) is 0 Å². The lowest BCUT2D eigenvalue weighted by molar-refractivity contribution is 0.0940. The monoisotopic (exact) mass is 310 g/mol. The molecule has 0 aliphatic rings. The van der Waals surface area contributed by atoms with E-state index in [0.29, 0.717) is 29.2 Å². The lowest BCUT2D eigenvalue weighted by Gasteiger charge is -2.13. The molecule has 5 nitrogen and oxygen atoms in total. The first-order chi connectivity index (χ1) is 11.2. The van der Waals surface area contributed by atoms with E-state index in [4.69, 9.17) is 15.1 Å². The maximum Gasteiger partial charge on any atom is 0.255 e. The van der Waals surface area contributed by atoms with Gasteiger partial charge in [-0.05, 0) is 30.2 Å². The number of aliphatic hydroxyl groups is 1. The fourth-order valence-electron chi connectivity index (χ4n) is 1.94. The van der Waals surface area contributed by atoms with Crippen LogP contribution in [-0.2, 0) is 0 Å². The number of hydrogen-bond donors (Lipinski definition) is 2. The summed E-state index contributed by atoms with van der Waals surface area (Å²) in [7, 11) is 0. The molecule has 0 aromatic heterocycles. The van der Waals surface area contributed by atoms with Crippen LogP contribution in [0.3, 0.4) is 0 Å². The van der Waals surface area contributed by atoms with Gasteiger partial charge >= 0.3 is 0 Å². The minimum absolute atomic E-state index is 0.00791. The lowest BCUT2D eigenvalue weighted by Crippen LogP contribution is -2.29. The van der Waals surface area contributed by atoms with E-state index in [-0.39, 0.29) is 18.4 Å². The van der Waals surface area contributed by atoms with E-state index in [1.165, 1.54) is 0 Å². The fourth-order valence-corrected chi connectivity index (χ4v) is 1.94. The molecule has 0 unspecified atom stereocenters. The number of para-hydroxylation sites is 2. The molecule has 2 N–H and O–H groups in total. The number of nitrogens with zero attached hydrogens (tertiary/aromatic N) is 1. The number of rotatable bonds is 6. The van der Waals surface area contributed by atoms with Crippen molar-refractivity contribution in [2.75, 3.05) is 13.2 Å². The first-order valence-electron chi connectivity index (χ1n) is 7.30. The van der Waals surface area contributed by atoms with Gasteiger partial charge in [0, 0.05) is 13.2 Å². The molecule has 0 bridgehead atoms. The zero-order valence-corrected chi connectivity index (χ0v) is 12.8. The van der Waals surface area contributed by atoms with Crippen LogP contribution in [0.1, 0.15) is 22.8 Å². The second-order valence-electron chi connectivity index (χ2n) is 5.20. The van der Waals surface area contributed by atoms with E-state index in [9.17, 15) is 4.79 Å². The van der Waals surface area contributed by atoms with Gasteiger partial charge in [0.25, 0.3) is 5.91 Å². The molecule has 1 atom stereocenters. The third-order valence-corrected chi connectivity index (χ3v) is 3.28. The highest BCUT2D eigenvalue weighted by atomic mass is 16.5. The van der Waals surface area contributed by atoms with Crippen LogP contribution in [0, 0.1) is 17.2 Å². The fraction of sp³-hybridized carbons (Fsp3) is 0.222. The summed E-state index contributed by atoms with van der Waals surface area (Å²) >= 11 is 0. The maximum absolute atomic E-state index is 12.3. The van der Waals surface area contributed by atoms with Crippen molar-refractivity contribution in [3.63, 3.8) is 0 Å². The van der Waals surface area contributed by atoms with E-state index >= 15 is 0 Å². The number of benzene rings is 2. The third-order valence-electron chi connectivity index (χ3n) is 3.28. The summed E-state index contributed by atoms with van der Waals surface area (Å²) in [4.78, 5) is 12.3. The Kier molecular flexibility index (Phi) is 5.73. The van der Waals surface area contributed by atoms with Crippen LogP contribution in [-0.4, -0.2) is 24.2 Å². The minimum atomic E-state index is -0.282. The van der Waals surface area contributed by atoms with Crippen LogP contribution in [0.5, 0.6) is 11.5 Å². The summed E-state index contributed by atoms with van der Waals surface area (Å²) in [5, 5.41) is 20.9. The molecule has 0 radical (unpaired) electrons. The van der Waals surface area contributed by atoms with Gasteiger partial charge < -0.3 is 15.2 Å². The average molecular weight is 310 g/mol. The molecule has 0 saturated heterocycles. The standard InChI is InChI=1S/C18H18N2O3/c1-13(12-21)11-20-18(22)15-7-3-5-9-17(15)23-16-8-4-2-6-14(16)10-19/h2-9,13,21H,11-12H2,1H3,(H,20,22)/t13-/m1/s1. The maximum atomic E-state index is 12.3. The number of carbonyl (C=O) groups excluding carboxylic acids is 1. The van der Waals surface area contributed by atoms with Crippen molar-refractivity contribution >= 4 is 5.91 Å². The Morgan fingerprint density at radius 3 is 2.57 bits per heavy atom. The van der Waals surface area contributed by atoms with Crippen molar-refractivity contribution < 1.29 is 14.6 Å². The highest BCUT2D eigenvalue weighted by Crippen LogP contribution is 2.27. The van der Waals surface area contributed by atoms with Gasteiger partial charge in [0.2, 0.25) is 0 Å². The summed E-state index contributed by atoms with van der Waals surface area (Å²) in [6.45, 7) is 2.22. The Balaban J connectivity index is 2.21. The number of amides is 1. The van der Waals surface area contributed by atoms with Crippen molar-refractivity contribution in [1.82, 2.24) is 5.32 Å². The van der Waals surface area contributed by atoms with Crippen molar-refractivity contribution in [2.45, 2.75) is 6.92 Å². The molecule has 0 aliphatic heterocycles. The van der Waals surface area contributed by atoms with Crippen molar-refractivity contribution in [1.29, 1.82) is 5.26 Å². The Morgan fingerprint density at radius 1 is 1.22 bits per heavy atom. The van der Waals surface area contributed by atoms with Crippen molar-refractivity contribution in [3.05, 3.63) is 59.7 Å². The van der Waals surface area contributed by atoms with Crippen LogP contribution < -0.4 is 10.1 Å². The van der Waals surface area contributed by atoms with Crippen LogP contribution in [0.2, 0.25) is 0 Å². The third kappa shape index (κ3) is 4.31. The number of nitriles is 1. The van der Waals surface area contributed by atoms with Crippen molar-refractivity contribution in [3.8, 4) is 17.6 Å². The van der Waals surface area contributed by atoms with Gasteiger partial charge in [-0.15, -0.1) is 0 Å². The lowest BCUT2D eigenvalue weighted by atomic mass is 10.1. The van der Waals surface area contributed by atoms with Crippen LogP contribution in [0.4, 0.5) is 0 Å². The van der Waals surface area contributed by atoms with Gasteiger partial charge in [-0.25, -0.2) is 0 Å². The molecule has 1 amide bonds. The van der Waals surface area contributed by atoms with Crippen LogP contribution >= 0.6 is 0 Å². The number of carbonyl (C=O) groups is 1. The number of nitrogens with one attached hydrogen (secondary N) is 1. The van der Waals surface area contributed by atoms with Gasteiger partial charge in [0.15, 0.2) is 0 Å². The topological polar surface area (TPSA) is 82.3 Å². The van der Waals surface area contributed by atoms with E-state index in [2.05, 4.69) is 11.4 Å². The second-order valence-corrected chi connectivity index (χ2v) is 5.20. The zero-order chi connectivity index (χ0) is 16.7. The summed E-state index contributed by atoms with van der Waals surface area (Å²) < 4.78 is 5.75. The summed E-state index contributed by atoms with van der Waals surface area (Å²) in [6, 6.07) is 15.8. The molecular formula is C18H18N2O3. The summed E-state index contributed by atoms with van der Waals surface area (Å²) in [5.41, 5.74) is 0.780. The minimum Gasteiger partial charge on any atom is -0.455 e. The van der Waals surface area contributed by atoms with E-state index in [1.54, 1.807) is 48.5 Å². The Labute approximate surface area is 135 Å². The first kappa shape index (κ1) is 16.5. The summed E-state index contributed by atoms with van der Waals surface area (Å²) in [5.74, 6) is 0.477. The van der Waals surface area contributed by atoms with Gasteiger partial charge in [0.05, 0.1) is 11.1 Å². The summed E-state index contributed by atoms with van der Waals surface area (Å²) in [6.07, 6.45) is 0. The second kappa shape index (κ2) is 7.97. The van der Waals surface area contributed by atoms with Gasteiger partial charge in [0.1, 0.15) is 17.6 Å². The quantitative estimate of drug-likeness (QED) is 0.859. The van der Waals surface area contributed by atoms with Crippen molar-refractivity contribution in [2.24, 2.45) is 5.92 Å². The van der Waals surface area contributed by atoms with E-state index in [1.807, 2.05) is 6.92 Å². The molecule has 5 heteroatoms. The van der Waals surface area contributed by atoms with Gasteiger partial charge in [-0.3, -0.25) is 4.79 Å². The Bertz CT molecular complexity index is 722. The van der Waals surface area contributed by atoms with E-state index < -0.39 is 0 Å². The molecule has 0 fully saturated rings. The number of aliphatic hydroxyl groups excluding tert-OH is 1. The van der Waals surface area contributed by atoms with Gasteiger partial charge in [-0.2, -0.15) is 5.26 Å². The predicted octanol–water partition coefficient (Wildman–Crippen LogP) is 2.71. The number of ether oxygens (including phenoxy) is 1. The Morgan fingerprint density at radius 2 is 1.87 bits per heavy atom. The molecule has 2 rings (SSSR count).